The lowest BCUT2D eigenvalue weighted by Gasteiger charge is -2.10. The Morgan fingerprint density at radius 3 is 2.24 bits per heavy atom. The zero-order chi connectivity index (χ0) is 13.3. The third-order valence-corrected chi connectivity index (χ3v) is 3.87. The fraction of sp³-hybridized carbons (Fsp3) is 0.375. The minimum Gasteiger partial charge on any atom is -0.362 e. The quantitative estimate of drug-likeness (QED) is 0.701. The van der Waals surface area contributed by atoms with Crippen LogP contribution in [0.5, 0.6) is 5.88 Å². The zero-order valence-corrected chi connectivity index (χ0v) is 11.1. The molecule has 9 heteroatoms. The standard InChI is InChI=1S/C8H12N2O5S2/c1-10(2)17(13,14)8-6-4-5-7(9-8)15-16(3,11)12/h4-6H,1-3H3. The Balaban J connectivity index is 3.20. The van der Waals surface area contributed by atoms with E-state index in [0.29, 0.717) is 0 Å². The van der Waals surface area contributed by atoms with E-state index in [-0.39, 0.29) is 10.9 Å². The molecule has 0 aliphatic carbocycles. The van der Waals surface area contributed by atoms with E-state index in [2.05, 4.69) is 9.17 Å². The highest BCUT2D eigenvalue weighted by atomic mass is 32.2. The van der Waals surface area contributed by atoms with Crippen molar-refractivity contribution in [1.82, 2.24) is 9.29 Å². The van der Waals surface area contributed by atoms with Gasteiger partial charge in [0.2, 0.25) is 5.88 Å². The average Bonchev–Trinajstić information content (AvgIpc) is 2.15. The molecule has 0 radical (unpaired) electrons. The summed E-state index contributed by atoms with van der Waals surface area (Å²) in [5.41, 5.74) is 0. The Labute approximate surface area is 100 Å². The number of aromatic nitrogens is 1. The van der Waals surface area contributed by atoms with Gasteiger partial charge in [0.25, 0.3) is 10.0 Å². The number of hydrogen-bond acceptors (Lipinski definition) is 6. The summed E-state index contributed by atoms with van der Waals surface area (Å²) in [5.74, 6) is -0.282. The van der Waals surface area contributed by atoms with Gasteiger partial charge in [0, 0.05) is 20.2 Å². The SMILES string of the molecule is CN(C)S(=O)(=O)c1cccc(OS(C)(=O)=O)n1. The fourth-order valence-electron chi connectivity index (χ4n) is 0.928. The highest BCUT2D eigenvalue weighted by Gasteiger charge is 2.20. The number of hydrogen-bond donors (Lipinski definition) is 0. The van der Waals surface area contributed by atoms with Gasteiger partial charge in [0.05, 0.1) is 6.26 Å². The van der Waals surface area contributed by atoms with E-state index < -0.39 is 20.1 Å². The Hall–Kier alpha value is -1.19. The lowest BCUT2D eigenvalue weighted by molar-refractivity contribution is 0.475. The van der Waals surface area contributed by atoms with Crippen molar-refractivity contribution in [2.75, 3.05) is 20.4 Å². The molecule has 0 aliphatic rings. The van der Waals surface area contributed by atoms with Gasteiger partial charge in [-0.1, -0.05) is 6.07 Å². The molecule has 0 saturated heterocycles. The van der Waals surface area contributed by atoms with Crippen molar-refractivity contribution >= 4 is 20.1 Å². The molecule has 0 saturated carbocycles. The van der Waals surface area contributed by atoms with Crippen LogP contribution in [-0.2, 0) is 20.1 Å². The van der Waals surface area contributed by atoms with E-state index >= 15 is 0 Å². The monoisotopic (exact) mass is 280 g/mol. The Morgan fingerprint density at radius 2 is 1.76 bits per heavy atom. The average molecular weight is 280 g/mol. The molecule has 1 aromatic rings. The molecule has 0 atom stereocenters. The summed E-state index contributed by atoms with van der Waals surface area (Å²) >= 11 is 0. The molecule has 1 rings (SSSR count). The van der Waals surface area contributed by atoms with Gasteiger partial charge in [0.15, 0.2) is 5.03 Å². The Bertz CT molecular complexity index is 607. The van der Waals surface area contributed by atoms with Gasteiger partial charge in [0.1, 0.15) is 0 Å². The van der Waals surface area contributed by atoms with Gasteiger partial charge >= 0.3 is 10.1 Å². The predicted octanol–water partition coefficient (Wildman–Crippen LogP) is -0.330. The predicted molar refractivity (Wildman–Crippen MR) is 60.6 cm³/mol. The van der Waals surface area contributed by atoms with E-state index in [0.717, 1.165) is 10.6 Å². The second-order valence-corrected chi connectivity index (χ2v) is 7.06. The number of nitrogens with zero attached hydrogens (tertiary/aromatic N) is 2. The minimum atomic E-state index is -3.73. The summed E-state index contributed by atoms with van der Waals surface area (Å²) in [6.07, 6.45) is 0.849. The van der Waals surface area contributed by atoms with E-state index in [1.807, 2.05) is 0 Å². The minimum absolute atomic E-state index is 0.274. The first-order valence-electron chi connectivity index (χ1n) is 4.42. The molecule has 0 bridgehead atoms. The largest absolute Gasteiger partial charge is 0.362 e. The Morgan fingerprint density at radius 1 is 1.18 bits per heavy atom. The van der Waals surface area contributed by atoms with Crippen molar-refractivity contribution in [1.29, 1.82) is 0 Å². The molecular weight excluding hydrogens is 268 g/mol. The van der Waals surface area contributed by atoms with Crippen LogP contribution in [0, 0.1) is 0 Å². The second-order valence-electron chi connectivity index (χ2n) is 3.39. The van der Waals surface area contributed by atoms with Crippen molar-refractivity contribution in [2.45, 2.75) is 5.03 Å². The van der Waals surface area contributed by atoms with Crippen molar-refractivity contribution < 1.29 is 21.0 Å². The maximum absolute atomic E-state index is 11.7. The first-order chi connectivity index (χ1) is 7.63. The van der Waals surface area contributed by atoms with Crippen LogP contribution in [0.3, 0.4) is 0 Å². The number of rotatable bonds is 4. The lowest BCUT2D eigenvalue weighted by atomic mass is 10.5. The number of pyridine rings is 1. The van der Waals surface area contributed by atoms with Gasteiger partial charge in [-0.15, -0.1) is 0 Å². The topological polar surface area (TPSA) is 93.6 Å². The molecule has 0 fully saturated rings. The molecule has 17 heavy (non-hydrogen) atoms. The molecule has 0 spiro atoms. The third-order valence-electron chi connectivity index (χ3n) is 1.68. The molecule has 0 unspecified atom stereocenters. The molecule has 7 nitrogen and oxygen atoms in total. The van der Waals surface area contributed by atoms with Crippen LogP contribution in [0.25, 0.3) is 0 Å². The summed E-state index contributed by atoms with van der Waals surface area (Å²) < 4.78 is 50.6. The van der Waals surface area contributed by atoms with E-state index in [4.69, 9.17) is 0 Å². The highest BCUT2D eigenvalue weighted by Crippen LogP contribution is 2.15. The van der Waals surface area contributed by atoms with E-state index in [9.17, 15) is 16.8 Å². The first-order valence-corrected chi connectivity index (χ1v) is 7.67. The summed E-state index contributed by atoms with van der Waals surface area (Å²) in [6, 6.07) is 3.87. The molecule has 0 aromatic carbocycles. The van der Waals surface area contributed by atoms with Crippen molar-refractivity contribution in [3.05, 3.63) is 18.2 Å². The van der Waals surface area contributed by atoms with Crippen molar-refractivity contribution in [3.8, 4) is 5.88 Å². The zero-order valence-electron chi connectivity index (χ0n) is 9.48. The van der Waals surface area contributed by atoms with Crippen LogP contribution >= 0.6 is 0 Å². The smallest absolute Gasteiger partial charge is 0.307 e. The molecule has 0 amide bonds. The van der Waals surface area contributed by atoms with E-state index in [1.54, 1.807) is 0 Å². The molecular formula is C8H12N2O5S2. The lowest BCUT2D eigenvalue weighted by Crippen LogP contribution is -2.23. The molecule has 0 aliphatic heterocycles. The second kappa shape index (κ2) is 4.59. The van der Waals surface area contributed by atoms with Gasteiger partial charge in [-0.25, -0.2) is 12.7 Å². The fourth-order valence-corrected chi connectivity index (χ4v) is 2.16. The third kappa shape index (κ3) is 3.65. The van der Waals surface area contributed by atoms with Crippen LogP contribution in [0.2, 0.25) is 0 Å². The van der Waals surface area contributed by atoms with Crippen LogP contribution in [-0.4, -0.2) is 46.5 Å². The summed E-state index contributed by atoms with van der Waals surface area (Å²) in [7, 11) is -4.74. The molecule has 96 valence electrons. The molecule has 1 heterocycles. The molecule has 1 aromatic heterocycles. The van der Waals surface area contributed by atoms with Crippen LogP contribution in [0.1, 0.15) is 0 Å². The summed E-state index contributed by atoms with van der Waals surface area (Å²) in [4.78, 5) is 3.62. The maximum Gasteiger partial charge on any atom is 0.307 e. The van der Waals surface area contributed by atoms with Crippen LogP contribution in [0.4, 0.5) is 0 Å². The van der Waals surface area contributed by atoms with Gasteiger partial charge in [-0.05, 0) is 6.07 Å². The van der Waals surface area contributed by atoms with Crippen molar-refractivity contribution in [3.63, 3.8) is 0 Å². The van der Waals surface area contributed by atoms with Gasteiger partial charge in [-0.2, -0.15) is 13.4 Å². The normalized spacial score (nSPS) is 12.7. The maximum atomic E-state index is 11.7. The Kier molecular flexibility index (Phi) is 3.74. The van der Waals surface area contributed by atoms with Crippen molar-refractivity contribution in [2.24, 2.45) is 0 Å². The van der Waals surface area contributed by atoms with E-state index in [1.165, 1.54) is 32.3 Å². The van der Waals surface area contributed by atoms with Crippen LogP contribution < -0.4 is 4.18 Å². The molecule has 0 N–H and O–H groups in total. The van der Waals surface area contributed by atoms with Gasteiger partial charge in [-0.3, -0.25) is 0 Å². The summed E-state index contributed by atoms with van der Waals surface area (Å²) in [5, 5.41) is -0.274. The first kappa shape index (κ1) is 13.9. The highest BCUT2D eigenvalue weighted by molar-refractivity contribution is 7.89. The number of sulfonamides is 1. The van der Waals surface area contributed by atoms with Gasteiger partial charge < -0.3 is 4.18 Å². The van der Waals surface area contributed by atoms with Crippen LogP contribution in [0.15, 0.2) is 23.2 Å². The summed E-state index contributed by atoms with van der Waals surface area (Å²) in [6.45, 7) is 0.